The summed E-state index contributed by atoms with van der Waals surface area (Å²) in [5.74, 6) is -1.17. The highest BCUT2D eigenvalue weighted by Gasteiger charge is 2.31. The lowest BCUT2D eigenvalue weighted by Gasteiger charge is -2.32. The SMILES string of the molecule is COc1ccc(F)c(-c2ccc(COc3cccc([C@H](CC(=O)O)CC4CC4)c3F)cc2[C@@H](OC)C(C)(C)C)c1. The Hall–Kier alpha value is -3.45. The van der Waals surface area contributed by atoms with E-state index in [1.54, 1.807) is 37.4 Å². The number of halogens is 2. The Balaban J connectivity index is 1.66. The molecule has 0 radical (unpaired) electrons. The molecule has 7 heteroatoms. The predicted octanol–water partition coefficient (Wildman–Crippen LogP) is 8.31. The zero-order chi connectivity index (χ0) is 29.0. The molecular weight excluding hydrogens is 514 g/mol. The van der Waals surface area contributed by atoms with Crippen molar-refractivity contribution in [1.29, 1.82) is 0 Å². The summed E-state index contributed by atoms with van der Waals surface area (Å²) in [5.41, 5.74) is 2.68. The summed E-state index contributed by atoms with van der Waals surface area (Å²) in [6.07, 6.45) is 2.29. The van der Waals surface area contributed by atoms with Crippen molar-refractivity contribution in [2.45, 2.75) is 65.1 Å². The third kappa shape index (κ3) is 7.00. The lowest BCUT2D eigenvalue weighted by molar-refractivity contribution is -0.137. The normalized spacial score (nSPS) is 15.0. The van der Waals surface area contributed by atoms with Gasteiger partial charge in [-0.3, -0.25) is 4.79 Å². The van der Waals surface area contributed by atoms with Gasteiger partial charge in [0.05, 0.1) is 19.6 Å². The van der Waals surface area contributed by atoms with E-state index in [4.69, 9.17) is 14.2 Å². The molecule has 0 amide bonds. The number of methoxy groups -OCH3 is 2. The molecule has 3 aromatic carbocycles. The number of hydrogen-bond acceptors (Lipinski definition) is 4. The maximum absolute atomic E-state index is 15.6. The van der Waals surface area contributed by atoms with Crippen LogP contribution in [0.3, 0.4) is 0 Å². The maximum atomic E-state index is 15.6. The van der Waals surface area contributed by atoms with E-state index < -0.39 is 17.7 Å². The van der Waals surface area contributed by atoms with Gasteiger partial charge in [0.1, 0.15) is 18.2 Å². The molecule has 1 fully saturated rings. The minimum atomic E-state index is -0.942. The van der Waals surface area contributed by atoms with Crippen LogP contribution in [-0.4, -0.2) is 25.3 Å². The van der Waals surface area contributed by atoms with E-state index in [9.17, 15) is 9.90 Å². The van der Waals surface area contributed by atoms with Crippen LogP contribution in [0, 0.1) is 23.0 Å². The average molecular weight is 553 g/mol. The van der Waals surface area contributed by atoms with E-state index in [-0.39, 0.29) is 36.1 Å². The zero-order valence-electron chi connectivity index (χ0n) is 23.8. The smallest absolute Gasteiger partial charge is 0.303 e. The topological polar surface area (TPSA) is 65.0 Å². The molecule has 2 atom stereocenters. The molecule has 0 unspecified atom stereocenters. The van der Waals surface area contributed by atoms with Crippen LogP contribution in [0.1, 0.15) is 75.2 Å². The molecule has 0 heterocycles. The molecule has 1 N–H and O–H groups in total. The van der Waals surface area contributed by atoms with Gasteiger partial charge in [-0.05, 0) is 76.3 Å². The molecule has 0 spiro atoms. The van der Waals surface area contributed by atoms with Crippen molar-refractivity contribution < 1.29 is 32.9 Å². The minimum Gasteiger partial charge on any atom is -0.497 e. The van der Waals surface area contributed by atoms with E-state index in [1.165, 1.54) is 13.2 Å². The number of ether oxygens (including phenoxy) is 3. The van der Waals surface area contributed by atoms with Gasteiger partial charge in [-0.2, -0.15) is 0 Å². The lowest BCUT2D eigenvalue weighted by atomic mass is 9.81. The molecule has 3 aromatic rings. The van der Waals surface area contributed by atoms with Crippen LogP contribution in [0.25, 0.3) is 11.1 Å². The van der Waals surface area contributed by atoms with Crippen molar-refractivity contribution >= 4 is 5.97 Å². The standard InChI is InChI=1S/C33H38F2O5/c1-33(2,3)32(39-5)27-16-21(11-13-25(27)26-18-23(38-4)12-14-28(26)34)19-40-29-8-6-7-24(31(29)35)22(17-30(36)37)15-20-9-10-20/h6-8,11-14,16,18,20,22,32H,9-10,15,17,19H2,1-5H3,(H,36,37)/t22-,32+/m0/s1. The molecule has 4 rings (SSSR count). The van der Waals surface area contributed by atoms with E-state index in [0.717, 1.165) is 24.0 Å². The number of carbonyl (C=O) groups is 1. The van der Waals surface area contributed by atoms with Crippen LogP contribution in [0.4, 0.5) is 8.78 Å². The van der Waals surface area contributed by atoms with Gasteiger partial charge < -0.3 is 19.3 Å². The van der Waals surface area contributed by atoms with Crippen molar-refractivity contribution in [3.8, 4) is 22.6 Å². The first-order valence-corrected chi connectivity index (χ1v) is 13.6. The van der Waals surface area contributed by atoms with Crippen LogP contribution in [0.2, 0.25) is 0 Å². The second-order valence-corrected chi connectivity index (χ2v) is 11.7. The summed E-state index contributed by atoms with van der Waals surface area (Å²) in [5, 5.41) is 9.40. The average Bonchev–Trinajstić information content (AvgIpc) is 3.72. The molecule has 214 valence electrons. The van der Waals surface area contributed by atoms with Crippen molar-refractivity contribution in [3.63, 3.8) is 0 Å². The minimum absolute atomic E-state index is 0.0705. The third-order valence-electron chi connectivity index (χ3n) is 7.45. The van der Waals surface area contributed by atoms with Crippen LogP contribution in [0.15, 0.2) is 54.6 Å². The number of benzene rings is 3. The van der Waals surface area contributed by atoms with Gasteiger partial charge >= 0.3 is 5.97 Å². The highest BCUT2D eigenvalue weighted by Crippen LogP contribution is 2.43. The predicted molar refractivity (Wildman–Crippen MR) is 151 cm³/mol. The summed E-state index contributed by atoms with van der Waals surface area (Å²) < 4.78 is 47.8. The first kappa shape index (κ1) is 29.5. The Morgan fingerprint density at radius 2 is 1.75 bits per heavy atom. The Kier molecular flexibility index (Phi) is 9.14. The van der Waals surface area contributed by atoms with Crippen molar-refractivity contribution in [1.82, 2.24) is 0 Å². The molecule has 5 nitrogen and oxygen atoms in total. The van der Waals surface area contributed by atoms with E-state index >= 15 is 8.78 Å². The quantitative estimate of drug-likeness (QED) is 0.245. The Labute approximate surface area is 235 Å². The van der Waals surface area contributed by atoms with Gasteiger partial charge in [0.15, 0.2) is 11.6 Å². The van der Waals surface area contributed by atoms with E-state index in [1.807, 2.05) is 39.0 Å². The molecular formula is C33H38F2O5. The van der Waals surface area contributed by atoms with E-state index in [0.29, 0.717) is 34.8 Å². The van der Waals surface area contributed by atoms with Gasteiger partial charge in [-0.25, -0.2) is 8.78 Å². The van der Waals surface area contributed by atoms with Crippen LogP contribution in [-0.2, 0) is 16.1 Å². The van der Waals surface area contributed by atoms with Gasteiger partial charge in [0, 0.05) is 12.7 Å². The largest absolute Gasteiger partial charge is 0.497 e. The zero-order valence-corrected chi connectivity index (χ0v) is 23.8. The summed E-state index contributed by atoms with van der Waals surface area (Å²) >= 11 is 0. The number of carboxylic acid groups (broad SMARTS) is 1. The highest BCUT2D eigenvalue weighted by atomic mass is 19.1. The van der Waals surface area contributed by atoms with Gasteiger partial charge in [-0.15, -0.1) is 0 Å². The molecule has 0 saturated heterocycles. The third-order valence-corrected chi connectivity index (χ3v) is 7.45. The Morgan fingerprint density at radius 1 is 1.00 bits per heavy atom. The Bertz CT molecular complexity index is 1340. The van der Waals surface area contributed by atoms with Crippen LogP contribution in [0.5, 0.6) is 11.5 Å². The van der Waals surface area contributed by atoms with Crippen molar-refractivity contribution in [2.24, 2.45) is 11.3 Å². The van der Waals surface area contributed by atoms with Crippen LogP contribution < -0.4 is 9.47 Å². The van der Waals surface area contributed by atoms with E-state index in [2.05, 4.69) is 0 Å². The summed E-state index contributed by atoms with van der Waals surface area (Å²) in [4.78, 5) is 11.5. The molecule has 0 bridgehead atoms. The molecule has 0 aliphatic heterocycles. The molecule has 0 aromatic heterocycles. The first-order chi connectivity index (χ1) is 19.0. The number of hydrogen-bond donors (Lipinski definition) is 1. The second-order valence-electron chi connectivity index (χ2n) is 11.7. The monoisotopic (exact) mass is 552 g/mol. The van der Waals surface area contributed by atoms with Gasteiger partial charge in [0.25, 0.3) is 0 Å². The number of carboxylic acids is 1. The molecule has 1 saturated carbocycles. The summed E-state index contributed by atoms with van der Waals surface area (Å²) in [6.45, 7) is 6.21. The van der Waals surface area contributed by atoms with Gasteiger partial charge in [-0.1, -0.05) is 57.9 Å². The summed E-state index contributed by atoms with van der Waals surface area (Å²) in [6, 6.07) is 15.1. The fraction of sp³-hybridized carbons (Fsp3) is 0.424. The van der Waals surface area contributed by atoms with Crippen molar-refractivity contribution in [3.05, 3.63) is 82.9 Å². The molecule has 40 heavy (non-hydrogen) atoms. The maximum Gasteiger partial charge on any atom is 0.303 e. The number of rotatable bonds is 12. The Morgan fingerprint density at radius 3 is 2.38 bits per heavy atom. The summed E-state index contributed by atoms with van der Waals surface area (Å²) in [7, 11) is 3.16. The fourth-order valence-corrected chi connectivity index (χ4v) is 5.35. The first-order valence-electron chi connectivity index (χ1n) is 13.6. The van der Waals surface area contributed by atoms with Gasteiger partial charge in [0.2, 0.25) is 0 Å². The fourth-order valence-electron chi connectivity index (χ4n) is 5.35. The second kappa shape index (κ2) is 12.4. The highest BCUT2D eigenvalue weighted by molar-refractivity contribution is 5.71. The molecule has 1 aliphatic rings. The lowest BCUT2D eigenvalue weighted by Crippen LogP contribution is -2.21. The number of aliphatic carboxylic acids is 1. The molecule has 1 aliphatic carbocycles. The van der Waals surface area contributed by atoms with Crippen LogP contribution >= 0.6 is 0 Å². The van der Waals surface area contributed by atoms with Crippen molar-refractivity contribution in [2.75, 3.05) is 14.2 Å².